The van der Waals surface area contributed by atoms with Gasteiger partial charge in [-0.05, 0) is 71.6 Å². The van der Waals surface area contributed by atoms with Crippen LogP contribution in [0.2, 0.25) is 0 Å². The van der Waals surface area contributed by atoms with E-state index < -0.39 is 5.97 Å². The molecule has 0 saturated carbocycles. The summed E-state index contributed by atoms with van der Waals surface area (Å²) >= 11 is 3.01. The summed E-state index contributed by atoms with van der Waals surface area (Å²) in [6, 6.07) is 24.1. The number of carboxylic acid groups (broad SMARTS) is 1. The van der Waals surface area contributed by atoms with Crippen LogP contribution >= 0.6 is 23.5 Å². The lowest BCUT2D eigenvalue weighted by Gasteiger charge is -2.16. The Hall–Kier alpha value is -3.29. The van der Waals surface area contributed by atoms with E-state index in [1.807, 2.05) is 66.9 Å². The molecule has 0 atom stereocenters. The van der Waals surface area contributed by atoms with Crippen molar-refractivity contribution in [3.05, 3.63) is 100 Å². The number of benzene rings is 3. The zero-order valence-electron chi connectivity index (χ0n) is 17.3. The van der Waals surface area contributed by atoms with E-state index in [1.165, 1.54) is 11.8 Å². The first-order valence-electron chi connectivity index (χ1n) is 9.85. The molecule has 0 spiro atoms. The number of hydrogen-bond acceptors (Lipinski definition) is 5. The quantitative estimate of drug-likeness (QED) is 0.366. The van der Waals surface area contributed by atoms with Gasteiger partial charge in [-0.15, -0.1) is 11.8 Å². The van der Waals surface area contributed by atoms with Gasteiger partial charge in [-0.25, -0.2) is 9.79 Å². The Kier molecular flexibility index (Phi) is 6.78. The number of rotatable bonds is 6. The van der Waals surface area contributed by atoms with Crippen molar-refractivity contribution in [2.45, 2.75) is 11.4 Å². The Morgan fingerprint density at radius 3 is 2.34 bits per heavy atom. The highest BCUT2D eigenvalue weighted by Crippen LogP contribution is 2.35. The van der Waals surface area contributed by atoms with Gasteiger partial charge in [0.05, 0.1) is 22.7 Å². The first kappa shape index (κ1) is 21.9. The average Bonchev–Trinajstić information content (AvgIpc) is 3.09. The van der Waals surface area contributed by atoms with E-state index in [2.05, 4.69) is 0 Å². The summed E-state index contributed by atoms with van der Waals surface area (Å²) in [7, 11) is 0. The van der Waals surface area contributed by atoms with Crippen molar-refractivity contribution in [2.75, 3.05) is 6.26 Å². The van der Waals surface area contributed by atoms with E-state index in [4.69, 9.17) is 10.1 Å². The minimum Gasteiger partial charge on any atom is -0.478 e. The number of amidine groups is 1. The largest absolute Gasteiger partial charge is 0.478 e. The number of hydrogen-bond donors (Lipinski definition) is 1. The molecule has 7 heteroatoms. The number of thioether (sulfide) groups is 2. The summed E-state index contributed by atoms with van der Waals surface area (Å²) in [4.78, 5) is 32.5. The van der Waals surface area contributed by atoms with Gasteiger partial charge in [0, 0.05) is 4.90 Å². The number of amides is 1. The van der Waals surface area contributed by atoms with Crippen molar-refractivity contribution in [3.63, 3.8) is 0 Å². The van der Waals surface area contributed by atoms with Gasteiger partial charge in [0.2, 0.25) is 0 Å². The maximum atomic E-state index is 13.3. The third kappa shape index (κ3) is 5.12. The van der Waals surface area contributed by atoms with Crippen LogP contribution in [-0.4, -0.2) is 33.3 Å². The molecule has 4 rings (SSSR count). The molecule has 1 heterocycles. The van der Waals surface area contributed by atoms with Crippen LogP contribution < -0.4 is 0 Å². The Balaban J connectivity index is 1.65. The Morgan fingerprint density at radius 1 is 1.03 bits per heavy atom. The number of aromatic carboxylic acids is 1. The Morgan fingerprint density at radius 2 is 1.72 bits per heavy atom. The summed E-state index contributed by atoms with van der Waals surface area (Å²) in [5.74, 6) is -1.10. The summed E-state index contributed by atoms with van der Waals surface area (Å²) in [5, 5.41) is 9.71. The van der Waals surface area contributed by atoms with Crippen LogP contribution in [-0.2, 0) is 11.3 Å². The van der Waals surface area contributed by atoms with E-state index in [0.29, 0.717) is 16.6 Å². The molecule has 1 N–H and O–H groups in total. The monoisotopic (exact) mass is 460 g/mol. The van der Waals surface area contributed by atoms with Crippen LogP contribution in [0.4, 0.5) is 5.69 Å². The van der Waals surface area contributed by atoms with Crippen molar-refractivity contribution in [3.8, 4) is 0 Å². The standard InChI is InChI=1S/C25H20N2O3S2/c1-31-21-13-9-17(10-14-21)15-22-23(28)27(16-18-7-11-19(12-8-18)24(29)30)25(32-22)26-20-5-3-2-4-6-20/h2-15H,16H2,1H3,(H,29,30)/b22-15-,26-25?. The smallest absolute Gasteiger partial charge is 0.335 e. The van der Waals surface area contributed by atoms with Gasteiger partial charge in [0.1, 0.15) is 0 Å². The molecule has 160 valence electrons. The third-order valence-electron chi connectivity index (χ3n) is 4.82. The molecule has 32 heavy (non-hydrogen) atoms. The lowest BCUT2D eigenvalue weighted by molar-refractivity contribution is -0.122. The van der Waals surface area contributed by atoms with E-state index in [1.54, 1.807) is 40.9 Å². The lowest BCUT2D eigenvalue weighted by Crippen LogP contribution is -2.28. The topological polar surface area (TPSA) is 70.0 Å². The SMILES string of the molecule is CSc1ccc(/C=C2\SC(=Nc3ccccc3)N(Cc3ccc(C(=O)O)cc3)C2=O)cc1. The van der Waals surface area contributed by atoms with Crippen molar-refractivity contribution in [1.29, 1.82) is 0 Å². The van der Waals surface area contributed by atoms with Crippen molar-refractivity contribution < 1.29 is 14.7 Å². The fourth-order valence-electron chi connectivity index (χ4n) is 3.13. The van der Waals surface area contributed by atoms with Crippen LogP contribution in [0.25, 0.3) is 6.08 Å². The highest BCUT2D eigenvalue weighted by atomic mass is 32.2. The van der Waals surface area contributed by atoms with Gasteiger partial charge in [-0.1, -0.05) is 42.5 Å². The van der Waals surface area contributed by atoms with Crippen LogP contribution in [0.3, 0.4) is 0 Å². The molecule has 1 saturated heterocycles. The molecule has 0 aromatic heterocycles. The van der Waals surface area contributed by atoms with Crippen molar-refractivity contribution in [1.82, 2.24) is 4.90 Å². The number of carbonyl (C=O) groups excluding carboxylic acids is 1. The second-order valence-corrected chi connectivity index (χ2v) is 8.90. The molecular formula is C25H20N2O3S2. The first-order valence-corrected chi connectivity index (χ1v) is 11.9. The second-order valence-electron chi connectivity index (χ2n) is 7.01. The Labute approximate surface area is 194 Å². The van der Waals surface area contributed by atoms with Crippen LogP contribution in [0.5, 0.6) is 0 Å². The summed E-state index contributed by atoms with van der Waals surface area (Å²) in [5.41, 5.74) is 2.75. The molecule has 1 aliphatic heterocycles. The van der Waals surface area contributed by atoms with Gasteiger partial charge in [-0.3, -0.25) is 9.69 Å². The van der Waals surface area contributed by atoms with Crippen LogP contribution in [0, 0.1) is 0 Å². The molecule has 5 nitrogen and oxygen atoms in total. The summed E-state index contributed by atoms with van der Waals surface area (Å²) in [6.45, 7) is 0.306. The fourth-order valence-corrected chi connectivity index (χ4v) is 4.54. The van der Waals surface area contributed by atoms with Gasteiger partial charge in [0.15, 0.2) is 5.17 Å². The third-order valence-corrected chi connectivity index (χ3v) is 6.57. The van der Waals surface area contributed by atoms with Gasteiger partial charge in [-0.2, -0.15) is 0 Å². The molecule has 1 amide bonds. The van der Waals surface area contributed by atoms with E-state index in [-0.39, 0.29) is 11.5 Å². The zero-order chi connectivity index (χ0) is 22.5. The predicted molar refractivity (Wildman–Crippen MR) is 131 cm³/mol. The van der Waals surface area contributed by atoms with Crippen molar-refractivity contribution in [2.24, 2.45) is 4.99 Å². The molecule has 1 aliphatic rings. The predicted octanol–water partition coefficient (Wildman–Crippen LogP) is 5.91. The van der Waals surface area contributed by atoms with Crippen molar-refractivity contribution >= 4 is 52.3 Å². The molecule has 3 aromatic carbocycles. The number of para-hydroxylation sites is 1. The fraction of sp³-hybridized carbons (Fsp3) is 0.0800. The number of nitrogens with zero attached hydrogens (tertiary/aromatic N) is 2. The minimum absolute atomic E-state index is 0.124. The maximum Gasteiger partial charge on any atom is 0.335 e. The first-order chi connectivity index (χ1) is 15.5. The zero-order valence-corrected chi connectivity index (χ0v) is 18.9. The second kappa shape index (κ2) is 9.89. The lowest BCUT2D eigenvalue weighted by atomic mass is 10.1. The molecule has 0 radical (unpaired) electrons. The maximum absolute atomic E-state index is 13.3. The highest BCUT2D eigenvalue weighted by molar-refractivity contribution is 8.18. The number of aliphatic imine (C=N–C) groups is 1. The molecule has 1 fully saturated rings. The molecule has 0 aliphatic carbocycles. The molecule has 3 aromatic rings. The van der Waals surface area contributed by atoms with E-state index >= 15 is 0 Å². The molecule has 0 unspecified atom stereocenters. The minimum atomic E-state index is -0.978. The Bertz CT molecular complexity index is 1190. The average molecular weight is 461 g/mol. The van der Waals surface area contributed by atoms with Crippen LogP contribution in [0.1, 0.15) is 21.5 Å². The summed E-state index contributed by atoms with van der Waals surface area (Å²) < 4.78 is 0. The highest BCUT2D eigenvalue weighted by Gasteiger charge is 2.33. The van der Waals surface area contributed by atoms with Crippen LogP contribution in [0.15, 0.2) is 93.7 Å². The molecule has 0 bridgehead atoms. The normalized spacial score (nSPS) is 16.2. The molecular weight excluding hydrogens is 440 g/mol. The number of carbonyl (C=O) groups is 2. The van der Waals surface area contributed by atoms with Gasteiger partial charge in [0.25, 0.3) is 5.91 Å². The van der Waals surface area contributed by atoms with Gasteiger partial charge >= 0.3 is 5.97 Å². The summed E-state index contributed by atoms with van der Waals surface area (Å²) in [6.07, 6.45) is 3.90. The number of carboxylic acids is 1. The van der Waals surface area contributed by atoms with E-state index in [0.717, 1.165) is 21.7 Å². The van der Waals surface area contributed by atoms with Gasteiger partial charge < -0.3 is 5.11 Å². The van der Waals surface area contributed by atoms with E-state index in [9.17, 15) is 9.59 Å².